The number of hydrogen-bond acceptors (Lipinski definition) is 3. The van der Waals surface area contributed by atoms with Crippen LogP contribution in [0.5, 0.6) is 0 Å². The Morgan fingerprint density at radius 2 is 2.14 bits per heavy atom. The van der Waals surface area contributed by atoms with Crippen LogP contribution in [0.25, 0.3) is 5.52 Å². The van der Waals surface area contributed by atoms with Gasteiger partial charge in [0.2, 0.25) is 5.82 Å². The molecule has 22 heavy (non-hydrogen) atoms. The molecule has 0 spiro atoms. The summed E-state index contributed by atoms with van der Waals surface area (Å²) < 4.78 is 1.67. The van der Waals surface area contributed by atoms with Gasteiger partial charge in [-0.05, 0) is 31.4 Å². The zero-order valence-electron chi connectivity index (χ0n) is 12.6. The van der Waals surface area contributed by atoms with Crippen LogP contribution in [-0.4, -0.2) is 33.8 Å². The van der Waals surface area contributed by atoms with E-state index in [2.05, 4.69) is 22.5 Å². The minimum atomic E-state index is -0.250. The molecule has 2 heterocycles. The Kier molecular flexibility index (Phi) is 4.09. The van der Waals surface area contributed by atoms with Crippen molar-refractivity contribution in [2.75, 3.05) is 6.54 Å². The van der Waals surface area contributed by atoms with Crippen molar-refractivity contribution in [2.45, 2.75) is 38.6 Å². The molecule has 0 saturated heterocycles. The minimum absolute atomic E-state index is 0.209. The third kappa shape index (κ3) is 2.95. The molecular weight excluding hydrogens is 280 g/mol. The maximum atomic E-state index is 12.3. The quantitative estimate of drug-likeness (QED) is 0.798. The summed E-state index contributed by atoms with van der Waals surface area (Å²) in [5.74, 6) is -0.202. The van der Waals surface area contributed by atoms with Gasteiger partial charge < -0.3 is 10.6 Å². The van der Waals surface area contributed by atoms with Crippen LogP contribution in [0.3, 0.4) is 0 Å². The molecule has 6 nitrogen and oxygen atoms in total. The standard InChI is InChI=1S/C16H20N4O2/c1-2-3-9-17-16(22)14-19-13(15(21)18-11-7-8-11)12-6-4-5-10-20(12)14/h4-6,10-11H,2-3,7-9H2,1H3,(H,17,22)(H,18,21). The summed E-state index contributed by atoms with van der Waals surface area (Å²) in [6.45, 7) is 2.68. The molecule has 0 unspecified atom stereocenters. The zero-order valence-corrected chi connectivity index (χ0v) is 12.6. The maximum absolute atomic E-state index is 12.3. The van der Waals surface area contributed by atoms with E-state index in [-0.39, 0.29) is 23.7 Å². The van der Waals surface area contributed by atoms with Gasteiger partial charge in [-0.2, -0.15) is 0 Å². The summed E-state index contributed by atoms with van der Waals surface area (Å²) in [6, 6.07) is 5.72. The average Bonchev–Trinajstić information content (AvgIpc) is 3.24. The fraction of sp³-hybridized carbons (Fsp3) is 0.438. The molecule has 116 valence electrons. The molecule has 2 amide bonds. The second-order valence-corrected chi connectivity index (χ2v) is 5.60. The SMILES string of the molecule is CCCCNC(=O)c1nc(C(=O)NC2CC2)c2ccccn12. The van der Waals surface area contributed by atoms with Crippen LogP contribution in [0.15, 0.2) is 24.4 Å². The molecule has 0 bridgehead atoms. The number of amides is 2. The van der Waals surface area contributed by atoms with Crippen LogP contribution >= 0.6 is 0 Å². The van der Waals surface area contributed by atoms with Crippen LogP contribution in [0.4, 0.5) is 0 Å². The maximum Gasteiger partial charge on any atom is 0.287 e. The lowest BCUT2D eigenvalue weighted by molar-refractivity contribution is 0.0942. The Balaban J connectivity index is 1.89. The van der Waals surface area contributed by atoms with Gasteiger partial charge in [-0.15, -0.1) is 0 Å². The molecule has 2 N–H and O–H groups in total. The highest BCUT2D eigenvalue weighted by molar-refractivity contribution is 6.02. The Bertz CT molecular complexity index is 703. The van der Waals surface area contributed by atoms with Crippen molar-refractivity contribution in [3.05, 3.63) is 35.9 Å². The topological polar surface area (TPSA) is 75.5 Å². The van der Waals surface area contributed by atoms with Gasteiger partial charge in [0, 0.05) is 18.8 Å². The molecule has 1 aliphatic carbocycles. The number of carbonyl (C=O) groups is 2. The summed E-state index contributed by atoms with van der Waals surface area (Å²) in [5, 5.41) is 5.76. The van der Waals surface area contributed by atoms with Gasteiger partial charge in [0.05, 0.1) is 5.52 Å². The first-order valence-electron chi connectivity index (χ1n) is 7.77. The van der Waals surface area contributed by atoms with Crippen molar-refractivity contribution >= 4 is 17.3 Å². The van der Waals surface area contributed by atoms with E-state index in [0.29, 0.717) is 17.8 Å². The van der Waals surface area contributed by atoms with Crippen molar-refractivity contribution < 1.29 is 9.59 Å². The van der Waals surface area contributed by atoms with Gasteiger partial charge in [0.25, 0.3) is 11.8 Å². The van der Waals surface area contributed by atoms with Crippen LogP contribution in [-0.2, 0) is 0 Å². The number of hydrogen-bond donors (Lipinski definition) is 2. The van der Waals surface area contributed by atoms with Gasteiger partial charge in [0.15, 0.2) is 5.69 Å². The fourth-order valence-corrected chi connectivity index (χ4v) is 2.30. The summed E-state index contributed by atoms with van der Waals surface area (Å²) in [4.78, 5) is 28.9. The molecule has 0 atom stereocenters. The number of imidazole rings is 1. The zero-order chi connectivity index (χ0) is 15.5. The van der Waals surface area contributed by atoms with Gasteiger partial charge >= 0.3 is 0 Å². The van der Waals surface area contributed by atoms with E-state index in [9.17, 15) is 9.59 Å². The first kappa shape index (κ1) is 14.6. The molecule has 0 aromatic carbocycles. The van der Waals surface area contributed by atoms with E-state index in [1.807, 2.05) is 12.1 Å². The summed E-state index contributed by atoms with van der Waals surface area (Å²) >= 11 is 0. The number of aromatic nitrogens is 2. The highest BCUT2D eigenvalue weighted by Gasteiger charge is 2.27. The first-order chi connectivity index (χ1) is 10.7. The number of nitrogens with zero attached hydrogens (tertiary/aromatic N) is 2. The summed E-state index contributed by atoms with van der Waals surface area (Å²) in [7, 11) is 0. The lowest BCUT2D eigenvalue weighted by atomic mass is 10.3. The van der Waals surface area contributed by atoms with E-state index in [1.165, 1.54) is 0 Å². The number of fused-ring (bicyclic) bond motifs is 1. The predicted octanol–water partition coefficient (Wildman–Crippen LogP) is 1.76. The van der Waals surface area contributed by atoms with Gasteiger partial charge in [-0.3, -0.25) is 14.0 Å². The van der Waals surface area contributed by atoms with Crippen LogP contribution < -0.4 is 10.6 Å². The molecule has 0 radical (unpaired) electrons. The second kappa shape index (κ2) is 6.17. The van der Waals surface area contributed by atoms with Crippen LogP contribution in [0, 0.1) is 0 Å². The summed E-state index contributed by atoms with van der Waals surface area (Å²) in [5.41, 5.74) is 0.967. The van der Waals surface area contributed by atoms with E-state index in [0.717, 1.165) is 25.7 Å². The van der Waals surface area contributed by atoms with E-state index in [1.54, 1.807) is 16.7 Å². The molecule has 3 rings (SSSR count). The predicted molar refractivity (Wildman–Crippen MR) is 82.9 cm³/mol. The normalized spacial score (nSPS) is 14.0. The monoisotopic (exact) mass is 300 g/mol. The van der Waals surface area contributed by atoms with Crippen molar-refractivity contribution in [3.63, 3.8) is 0 Å². The number of pyridine rings is 1. The van der Waals surface area contributed by atoms with E-state index < -0.39 is 0 Å². The first-order valence-corrected chi connectivity index (χ1v) is 7.77. The fourth-order valence-electron chi connectivity index (χ4n) is 2.30. The number of nitrogens with one attached hydrogen (secondary N) is 2. The minimum Gasteiger partial charge on any atom is -0.349 e. The summed E-state index contributed by atoms with van der Waals surface area (Å²) in [6.07, 6.45) is 5.72. The number of rotatable bonds is 6. The van der Waals surface area contributed by atoms with Gasteiger partial charge in [0.1, 0.15) is 0 Å². The highest BCUT2D eigenvalue weighted by Crippen LogP contribution is 2.20. The van der Waals surface area contributed by atoms with Crippen molar-refractivity contribution in [1.29, 1.82) is 0 Å². The van der Waals surface area contributed by atoms with Crippen molar-refractivity contribution in [1.82, 2.24) is 20.0 Å². The molecule has 1 aliphatic rings. The highest BCUT2D eigenvalue weighted by atomic mass is 16.2. The number of carbonyl (C=O) groups excluding carboxylic acids is 2. The lowest BCUT2D eigenvalue weighted by Crippen LogP contribution is -2.27. The van der Waals surface area contributed by atoms with E-state index >= 15 is 0 Å². The Morgan fingerprint density at radius 3 is 2.86 bits per heavy atom. The lowest BCUT2D eigenvalue weighted by Gasteiger charge is -2.02. The number of unbranched alkanes of at least 4 members (excludes halogenated alkanes) is 1. The molecular formula is C16H20N4O2. The van der Waals surface area contributed by atoms with Crippen LogP contribution in [0.2, 0.25) is 0 Å². The Morgan fingerprint density at radius 1 is 1.32 bits per heavy atom. The molecule has 2 aromatic heterocycles. The molecule has 6 heteroatoms. The largest absolute Gasteiger partial charge is 0.349 e. The second-order valence-electron chi connectivity index (χ2n) is 5.60. The Hall–Kier alpha value is -2.37. The van der Waals surface area contributed by atoms with Crippen LogP contribution in [0.1, 0.15) is 53.7 Å². The van der Waals surface area contributed by atoms with Gasteiger partial charge in [-0.1, -0.05) is 19.4 Å². The molecule has 0 aliphatic heterocycles. The third-order valence-corrected chi connectivity index (χ3v) is 3.70. The molecule has 1 saturated carbocycles. The van der Waals surface area contributed by atoms with E-state index in [4.69, 9.17) is 0 Å². The van der Waals surface area contributed by atoms with Gasteiger partial charge in [-0.25, -0.2) is 4.98 Å². The Labute approximate surface area is 128 Å². The third-order valence-electron chi connectivity index (χ3n) is 3.70. The van der Waals surface area contributed by atoms with Crippen molar-refractivity contribution in [2.24, 2.45) is 0 Å². The smallest absolute Gasteiger partial charge is 0.287 e. The van der Waals surface area contributed by atoms with Crippen molar-refractivity contribution in [3.8, 4) is 0 Å². The molecule has 1 fully saturated rings. The molecule has 2 aromatic rings. The average molecular weight is 300 g/mol.